The molecular formula is C14H20BrNOS. The summed E-state index contributed by atoms with van der Waals surface area (Å²) in [7, 11) is 0. The molecule has 1 fully saturated rings. The predicted octanol–water partition coefficient (Wildman–Crippen LogP) is 4.14. The lowest BCUT2D eigenvalue weighted by atomic mass is 10.1. The highest BCUT2D eigenvalue weighted by atomic mass is 79.9. The van der Waals surface area contributed by atoms with Crippen LogP contribution in [0.15, 0.2) is 6.07 Å². The molecule has 4 heteroatoms. The van der Waals surface area contributed by atoms with Gasteiger partial charge in [0.1, 0.15) is 0 Å². The molecule has 2 rings (SSSR count). The van der Waals surface area contributed by atoms with Crippen molar-refractivity contribution in [3.8, 4) is 0 Å². The van der Waals surface area contributed by atoms with E-state index in [1.54, 1.807) is 11.3 Å². The molecule has 2 nitrogen and oxygen atoms in total. The molecule has 1 saturated heterocycles. The fraction of sp³-hybridized carbons (Fsp3) is 0.643. The number of rotatable bonds is 2. The third-order valence-corrected chi connectivity index (χ3v) is 5.58. The molecule has 2 heterocycles. The van der Waals surface area contributed by atoms with Crippen LogP contribution in [0.3, 0.4) is 0 Å². The van der Waals surface area contributed by atoms with Gasteiger partial charge in [0.15, 0.2) is 0 Å². The Balaban J connectivity index is 2.19. The van der Waals surface area contributed by atoms with Crippen LogP contribution in [0.1, 0.15) is 45.8 Å². The highest BCUT2D eigenvalue weighted by Gasteiger charge is 2.26. The van der Waals surface area contributed by atoms with Crippen LogP contribution in [0.4, 0.5) is 0 Å². The third kappa shape index (κ3) is 2.97. The van der Waals surface area contributed by atoms with Crippen molar-refractivity contribution < 1.29 is 4.79 Å². The van der Waals surface area contributed by atoms with Crippen LogP contribution in [0, 0.1) is 13.8 Å². The van der Waals surface area contributed by atoms with Crippen molar-refractivity contribution >= 4 is 33.2 Å². The first-order chi connectivity index (χ1) is 8.63. The summed E-state index contributed by atoms with van der Waals surface area (Å²) in [5.74, 6) is 0.225. The van der Waals surface area contributed by atoms with Crippen LogP contribution >= 0.6 is 27.3 Å². The van der Waals surface area contributed by atoms with Crippen molar-refractivity contribution in [2.45, 2.75) is 45.6 Å². The lowest BCUT2D eigenvalue weighted by Gasteiger charge is -2.28. The van der Waals surface area contributed by atoms with E-state index in [1.165, 1.54) is 23.3 Å². The molecule has 1 aliphatic heterocycles. The Morgan fingerprint density at radius 2 is 2.22 bits per heavy atom. The monoisotopic (exact) mass is 329 g/mol. The number of hydrogen-bond acceptors (Lipinski definition) is 2. The summed E-state index contributed by atoms with van der Waals surface area (Å²) in [6, 6.07) is 2.40. The van der Waals surface area contributed by atoms with E-state index in [0.717, 1.165) is 29.6 Å². The lowest BCUT2D eigenvalue weighted by molar-refractivity contribution is 0.0707. The van der Waals surface area contributed by atoms with E-state index < -0.39 is 0 Å². The number of thiophene rings is 1. The highest BCUT2D eigenvalue weighted by molar-refractivity contribution is 9.09. The number of carbonyl (C=O) groups excluding carboxylic acids is 1. The minimum Gasteiger partial charge on any atom is -0.334 e. The Kier molecular flexibility index (Phi) is 4.84. The van der Waals surface area contributed by atoms with E-state index in [-0.39, 0.29) is 5.91 Å². The van der Waals surface area contributed by atoms with E-state index in [1.807, 2.05) is 6.07 Å². The van der Waals surface area contributed by atoms with E-state index in [2.05, 4.69) is 34.7 Å². The van der Waals surface area contributed by atoms with E-state index >= 15 is 0 Å². The lowest BCUT2D eigenvalue weighted by Crippen LogP contribution is -2.40. The number of likely N-dealkylation sites (tertiary alicyclic amines) is 1. The normalized spacial score (nSPS) is 20.8. The molecule has 18 heavy (non-hydrogen) atoms. The fourth-order valence-corrected chi connectivity index (χ4v) is 4.09. The molecule has 0 aliphatic carbocycles. The number of amides is 1. The van der Waals surface area contributed by atoms with Crippen molar-refractivity contribution in [3.63, 3.8) is 0 Å². The van der Waals surface area contributed by atoms with Crippen LogP contribution in [-0.2, 0) is 0 Å². The molecule has 0 aromatic carbocycles. The van der Waals surface area contributed by atoms with Crippen molar-refractivity contribution in [1.29, 1.82) is 0 Å². The number of nitrogens with zero attached hydrogens (tertiary/aromatic N) is 1. The maximum Gasteiger partial charge on any atom is 0.264 e. The molecule has 0 saturated carbocycles. The molecule has 1 atom stereocenters. The standard InChI is InChI=1S/C14H20BrNOS/c1-10-8-13(18-11(10)2)14(17)16-7-5-3-4-6-12(16)9-15/h8,12H,3-7,9H2,1-2H3. The summed E-state index contributed by atoms with van der Waals surface area (Å²) in [4.78, 5) is 16.8. The van der Waals surface area contributed by atoms with Gasteiger partial charge in [-0.15, -0.1) is 11.3 Å². The van der Waals surface area contributed by atoms with Crippen LogP contribution in [0.5, 0.6) is 0 Å². The molecule has 0 spiro atoms. The first kappa shape index (κ1) is 14.1. The van der Waals surface area contributed by atoms with Crippen LogP contribution in [0.25, 0.3) is 0 Å². The van der Waals surface area contributed by atoms with Gasteiger partial charge in [0.05, 0.1) is 4.88 Å². The molecular weight excluding hydrogens is 310 g/mol. The smallest absolute Gasteiger partial charge is 0.264 e. The zero-order valence-corrected chi connectivity index (χ0v) is 13.4. The Hall–Kier alpha value is -0.350. The number of halogens is 1. The Morgan fingerprint density at radius 3 is 2.83 bits per heavy atom. The van der Waals surface area contributed by atoms with Crippen LogP contribution in [-0.4, -0.2) is 28.7 Å². The third-order valence-electron chi connectivity index (χ3n) is 3.69. The first-order valence-corrected chi connectivity index (χ1v) is 8.51. The van der Waals surface area contributed by atoms with Gasteiger partial charge in [0.25, 0.3) is 5.91 Å². The summed E-state index contributed by atoms with van der Waals surface area (Å²) in [6.07, 6.45) is 4.75. The van der Waals surface area contributed by atoms with Crippen molar-refractivity contribution in [1.82, 2.24) is 4.90 Å². The maximum atomic E-state index is 12.6. The van der Waals surface area contributed by atoms with Crippen molar-refractivity contribution in [2.75, 3.05) is 11.9 Å². The molecule has 100 valence electrons. The van der Waals surface area contributed by atoms with Gasteiger partial charge in [-0.3, -0.25) is 4.79 Å². The maximum absolute atomic E-state index is 12.6. The first-order valence-electron chi connectivity index (χ1n) is 6.57. The Bertz CT molecular complexity index is 410. The second-order valence-electron chi connectivity index (χ2n) is 5.01. The minimum absolute atomic E-state index is 0.225. The van der Waals surface area contributed by atoms with Gasteiger partial charge < -0.3 is 4.90 Å². The van der Waals surface area contributed by atoms with Gasteiger partial charge in [-0.25, -0.2) is 0 Å². The van der Waals surface area contributed by atoms with Gasteiger partial charge in [0.2, 0.25) is 0 Å². The predicted molar refractivity (Wildman–Crippen MR) is 80.9 cm³/mol. The molecule has 1 amide bonds. The largest absolute Gasteiger partial charge is 0.334 e. The SMILES string of the molecule is Cc1cc(C(=O)N2CCCCCC2CBr)sc1C. The number of aryl methyl sites for hydroxylation is 2. The highest BCUT2D eigenvalue weighted by Crippen LogP contribution is 2.26. The van der Waals surface area contributed by atoms with Crippen LogP contribution < -0.4 is 0 Å². The summed E-state index contributed by atoms with van der Waals surface area (Å²) >= 11 is 5.19. The molecule has 1 aromatic rings. The second kappa shape index (κ2) is 6.20. The average molecular weight is 330 g/mol. The number of carbonyl (C=O) groups is 1. The van der Waals surface area contributed by atoms with Gasteiger partial charge in [-0.1, -0.05) is 28.8 Å². The summed E-state index contributed by atoms with van der Waals surface area (Å²) in [6.45, 7) is 5.07. The zero-order valence-electron chi connectivity index (χ0n) is 11.0. The number of hydrogen-bond donors (Lipinski definition) is 0. The Labute approximate surface area is 122 Å². The molecule has 1 aliphatic rings. The second-order valence-corrected chi connectivity index (χ2v) is 6.91. The van der Waals surface area contributed by atoms with Crippen molar-refractivity contribution in [3.05, 3.63) is 21.4 Å². The van der Waals surface area contributed by atoms with Gasteiger partial charge in [0, 0.05) is 22.8 Å². The average Bonchev–Trinajstić information content (AvgIpc) is 2.58. The minimum atomic E-state index is 0.225. The fourth-order valence-electron chi connectivity index (χ4n) is 2.43. The quantitative estimate of drug-likeness (QED) is 0.746. The molecule has 0 N–H and O–H groups in total. The molecule has 1 aromatic heterocycles. The molecule has 0 radical (unpaired) electrons. The zero-order chi connectivity index (χ0) is 13.1. The van der Waals surface area contributed by atoms with Crippen molar-refractivity contribution in [2.24, 2.45) is 0 Å². The van der Waals surface area contributed by atoms with Gasteiger partial charge >= 0.3 is 0 Å². The summed E-state index contributed by atoms with van der Waals surface area (Å²) in [5, 5.41) is 0.891. The van der Waals surface area contributed by atoms with Gasteiger partial charge in [-0.05, 0) is 38.3 Å². The summed E-state index contributed by atoms with van der Waals surface area (Å²) in [5.41, 5.74) is 1.23. The van der Waals surface area contributed by atoms with Gasteiger partial charge in [-0.2, -0.15) is 0 Å². The topological polar surface area (TPSA) is 20.3 Å². The molecule has 1 unspecified atom stereocenters. The number of alkyl halides is 1. The van der Waals surface area contributed by atoms with Crippen LogP contribution in [0.2, 0.25) is 0 Å². The van der Waals surface area contributed by atoms with E-state index in [0.29, 0.717) is 6.04 Å². The molecule has 0 bridgehead atoms. The Morgan fingerprint density at radius 1 is 1.44 bits per heavy atom. The van der Waals surface area contributed by atoms with E-state index in [9.17, 15) is 4.79 Å². The van der Waals surface area contributed by atoms with E-state index in [4.69, 9.17) is 0 Å². The summed E-state index contributed by atoms with van der Waals surface area (Å²) < 4.78 is 0.